The fourth-order valence-corrected chi connectivity index (χ4v) is 1.42. The summed E-state index contributed by atoms with van der Waals surface area (Å²) >= 11 is 0. The largest absolute Gasteiger partial charge is 0.363 e. The highest BCUT2D eigenvalue weighted by Crippen LogP contribution is 2.11. The first-order chi connectivity index (χ1) is 8.49. The van der Waals surface area contributed by atoms with Gasteiger partial charge in [-0.2, -0.15) is 0 Å². The van der Waals surface area contributed by atoms with Crippen LogP contribution in [0.1, 0.15) is 20.3 Å². The van der Waals surface area contributed by atoms with Crippen LogP contribution in [0.2, 0.25) is 0 Å². The van der Waals surface area contributed by atoms with Gasteiger partial charge in [-0.1, -0.05) is 13.8 Å². The number of carbonyl (C=O) groups excluding carboxylic acids is 1. The van der Waals surface area contributed by atoms with Crippen LogP contribution in [0.4, 0.5) is 11.5 Å². The molecule has 0 fully saturated rings. The molecule has 1 heterocycles. The molecule has 0 unspecified atom stereocenters. The number of hydrogen-bond donors (Lipinski definition) is 2. The van der Waals surface area contributed by atoms with Crippen LogP contribution in [0, 0.1) is 0 Å². The number of nitrogens with zero attached hydrogens (tertiary/aromatic N) is 2. The summed E-state index contributed by atoms with van der Waals surface area (Å²) in [4.78, 5) is 17.8. The van der Waals surface area contributed by atoms with E-state index in [-0.39, 0.29) is 5.91 Å². The molecule has 0 aliphatic carbocycles. The molecule has 0 aromatic carbocycles. The Morgan fingerprint density at radius 1 is 1.39 bits per heavy atom. The third-order valence-corrected chi connectivity index (χ3v) is 2.39. The first kappa shape index (κ1) is 14.4. The smallest absolute Gasteiger partial charge is 0.225 e. The Balaban J connectivity index is 2.40. The third-order valence-electron chi connectivity index (χ3n) is 2.39. The van der Waals surface area contributed by atoms with E-state index in [0.29, 0.717) is 19.0 Å². The standard InChI is InChI=1S/C13H22N4O/c1-10(2)14-8-7-13(18)16-11-5-6-12(15-9-11)17(3)4/h5-6,9-10,14H,7-8H2,1-4H3,(H,16,18). The second kappa shape index (κ2) is 6.96. The van der Waals surface area contributed by atoms with Crippen LogP contribution in [0.25, 0.3) is 0 Å². The SMILES string of the molecule is CC(C)NCCC(=O)Nc1ccc(N(C)C)nc1. The molecule has 2 N–H and O–H groups in total. The fraction of sp³-hybridized carbons (Fsp3) is 0.538. The Bertz CT molecular complexity index is 373. The minimum atomic E-state index is 0.00236. The molecule has 0 atom stereocenters. The lowest BCUT2D eigenvalue weighted by molar-refractivity contribution is -0.116. The van der Waals surface area contributed by atoms with E-state index in [1.54, 1.807) is 6.20 Å². The Morgan fingerprint density at radius 2 is 2.11 bits per heavy atom. The molecule has 0 radical (unpaired) electrons. The van der Waals surface area contributed by atoms with Crippen LogP contribution in [0.3, 0.4) is 0 Å². The van der Waals surface area contributed by atoms with Gasteiger partial charge in [-0.15, -0.1) is 0 Å². The highest BCUT2D eigenvalue weighted by Gasteiger charge is 2.03. The van der Waals surface area contributed by atoms with Crippen molar-refractivity contribution >= 4 is 17.4 Å². The average molecular weight is 250 g/mol. The van der Waals surface area contributed by atoms with Crippen LogP contribution in [-0.4, -0.2) is 37.6 Å². The van der Waals surface area contributed by atoms with Gasteiger partial charge < -0.3 is 15.5 Å². The van der Waals surface area contributed by atoms with Gasteiger partial charge in [0.25, 0.3) is 0 Å². The van der Waals surface area contributed by atoms with Gasteiger partial charge in [0.15, 0.2) is 0 Å². The van der Waals surface area contributed by atoms with Crippen LogP contribution < -0.4 is 15.5 Å². The van der Waals surface area contributed by atoms with Crippen molar-refractivity contribution in [3.05, 3.63) is 18.3 Å². The monoisotopic (exact) mass is 250 g/mol. The quantitative estimate of drug-likeness (QED) is 0.803. The zero-order chi connectivity index (χ0) is 13.5. The Hall–Kier alpha value is -1.62. The molecule has 0 saturated carbocycles. The first-order valence-electron chi connectivity index (χ1n) is 6.15. The fourth-order valence-electron chi connectivity index (χ4n) is 1.42. The summed E-state index contributed by atoms with van der Waals surface area (Å²) in [6.07, 6.45) is 2.14. The number of pyridine rings is 1. The van der Waals surface area contributed by atoms with Gasteiger partial charge in [0.1, 0.15) is 5.82 Å². The topological polar surface area (TPSA) is 57.3 Å². The normalized spacial score (nSPS) is 10.5. The summed E-state index contributed by atoms with van der Waals surface area (Å²) in [5.41, 5.74) is 0.732. The average Bonchev–Trinajstić information content (AvgIpc) is 2.29. The van der Waals surface area contributed by atoms with Crippen LogP contribution >= 0.6 is 0 Å². The number of nitrogens with one attached hydrogen (secondary N) is 2. The lowest BCUT2D eigenvalue weighted by atomic mass is 10.3. The summed E-state index contributed by atoms with van der Waals surface area (Å²) in [5.74, 6) is 0.872. The number of carbonyl (C=O) groups is 1. The van der Waals surface area contributed by atoms with Crippen molar-refractivity contribution in [3.8, 4) is 0 Å². The summed E-state index contributed by atoms with van der Waals surface area (Å²) in [7, 11) is 3.86. The Labute approximate surface area is 109 Å². The van der Waals surface area contributed by atoms with Gasteiger partial charge in [-0.3, -0.25) is 4.79 Å². The lowest BCUT2D eigenvalue weighted by Crippen LogP contribution is -2.27. The van der Waals surface area contributed by atoms with Gasteiger partial charge in [0, 0.05) is 33.1 Å². The van der Waals surface area contributed by atoms with Crippen LogP contribution in [-0.2, 0) is 4.79 Å². The molecule has 5 nitrogen and oxygen atoms in total. The predicted molar refractivity (Wildman–Crippen MR) is 74.9 cm³/mol. The van der Waals surface area contributed by atoms with Crippen molar-refractivity contribution in [2.45, 2.75) is 26.3 Å². The van der Waals surface area contributed by atoms with Crippen molar-refractivity contribution in [2.24, 2.45) is 0 Å². The number of rotatable bonds is 6. The maximum atomic E-state index is 11.6. The maximum absolute atomic E-state index is 11.6. The predicted octanol–water partition coefficient (Wildman–Crippen LogP) is 1.47. The maximum Gasteiger partial charge on any atom is 0.225 e. The Kier molecular flexibility index (Phi) is 5.58. The van der Waals surface area contributed by atoms with Gasteiger partial charge in [0.2, 0.25) is 5.91 Å². The van der Waals surface area contributed by atoms with E-state index >= 15 is 0 Å². The molecule has 0 bridgehead atoms. The van der Waals surface area contributed by atoms with Crippen molar-refractivity contribution in [3.63, 3.8) is 0 Å². The van der Waals surface area contributed by atoms with Crippen LogP contribution in [0.15, 0.2) is 18.3 Å². The number of anilines is 2. The van der Waals surface area contributed by atoms with Crippen molar-refractivity contribution in [2.75, 3.05) is 30.9 Å². The van der Waals surface area contributed by atoms with E-state index < -0.39 is 0 Å². The summed E-state index contributed by atoms with van der Waals surface area (Å²) < 4.78 is 0. The molecule has 5 heteroatoms. The number of amides is 1. The molecule has 1 rings (SSSR count). The van der Waals surface area contributed by atoms with E-state index in [4.69, 9.17) is 0 Å². The molecule has 1 aromatic rings. The minimum Gasteiger partial charge on any atom is -0.363 e. The molecule has 1 amide bonds. The lowest BCUT2D eigenvalue weighted by Gasteiger charge is -2.12. The molecule has 18 heavy (non-hydrogen) atoms. The zero-order valence-electron chi connectivity index (χ0n) is 11.5. The molecular weight excluding hydrogens is 228 g/mol. The zero-order valence-corrected chi connectivity index (χ0v) is 11.5. The van der Waals surface area contributed by atoms with E-state index in [2.05, 4.69) is 29.5 Å². The molecule has 1 aromatic heterocycles. The number of aromatic nitrogens is 1. The van der Waals surface area contributed by atoms with Gasteiger partial charge >= 0.3 is 0 Å². The molecule has 0 spiro atoms. The molecular formula is C13H22N4O. The third kappa shape index (κ3) is 5.14. The first-order valence-corrected chi connectivity index (χ1v) is 6.15. The molecule has 100 valence electrons. The van der Waals surface area contributed by atoms with E-state index in [0.717, 1.165) is 11.5 Å². The Morgan fingerprint density at radius 3 is 2.61 bits per heavy atom. The van der Waals surface area contributed by atoms with Crippen molar-refractivity contribution in [1.29, 1.82) is 0 Å². The second-order valence-corrected chi connectivity index (χ2v) is 4.71. The van der Waals surface area contributed by atoms with Gasteiger partial charge in [-0.25, -0.2) is 4.98 Å². The van der Waals surface area contributed by atoms with E-state index in [1.165, 1.54) is 0 Å². The van der Waals surface area contributed by atoms with Crippen molar-refractivity contribution < 1.29 is 4.79 Å². The molecule has 0 aliphatic rings. The van der Waals surface area contributed by atoms with Gasteiger partial charge in [0.05, 0.1) is 11.9 Å². The number of hydrogen-bond acceptors (Lipinski definition) is 4. The second-order valence-electron chi connectivity index (χ2n) is 4.71. The molecule has 0 aliphatic heterocycles. The highest BCUT2D eigenvalue weighted by molar-refractivity contribution is 5.90. The summed E-state index contributed by atoms with van der Waals surface area (Å²) in [6.45, 7) is 4.80. The summed E-state index contributed by atoms with van der Waals surface area (Å²) in [6, 6.07) is 4.14. The van der Waals surface area contributed by atoms with Gasteiger partial charge in [-0.05, 0) is 12.1 Å². The summed E-state index contributed by atoms with van der Waals surface area (Å²) in [5, 5.41) is 6.02. The van der Waals surface area contributed by atoms with E-state index in [1.807, 2.05) is 31.1 Å². The highest BCUT2D eigenvalue weighted by atomic mass is 16.1. The minimum absolute atomic E-state index is 0.00236. The van der Waals surface area contributed by atoms with E-state index in [9.17, 15) is 4.79 Å². The van der Waals surface area contributed by atoms with Crippen LogP contribution in [0.5, 0.6) is 0 Å². The molecule has 0 saturated heterocycles. The van der Waals surface area contributed by atoms with Crippen molar-refractivity contribution in [1.82, 2.24) is 10.3 Å².